The normalized spacial score (nSPS) is 10.9. The second kappa shape index (κ2) is 4.44. The fourth-order valence-corrected chi connectivity index (χ4v) is 1.70. The number of pyridine rings is 1. The first-order valence-electron chi connectivity index (χ1n) is 5.54. The Kier molecular flexibility index (Phi) is 3.00. The van der Waals surface area contributed by atoms with Gasteiger partial charge in [-0.15, -0.1) is 0 Å². The number of carbonyl (C=O) groups is 1. The molecule has 0 spiro atoms. The van der Waals surface area contributed by atoms with Crippen LogP contribution in [0.2, 0.25) is 0 Å². The molecule has 0 aliphatic rings. The zero-order chi connectivity index (χ0) is 11.5. The molecule has 0 aliphatic carbocycles. The van der Waals surface area contributed by atoms with Crippen LogP contribution in [-0.2, 0) is 11.2 Å². The van der Waals surface area contributed by atoms with E-state index in [0.29, 0.717) is 6.42 Å². The molecule has 2 aromatic rings. The smallest absolute Gasteiger partial charge is 0.139 e. The lowest BCUT2D eigenvalue weighted by atomic mass is 9.99. The molecule has 0 N–H and O–H groups in total. The van der Waals surface area contributed by atoms with Crippen LogP contribution in [0.1, 0.15) is 19.4 Å². The molecule has 0 aliphatic heterocycles. The van der Waals surface area contributed by atoms with Crippen LogP contribution in [0, 0.1) is 5.92 Å². The minimum absolute atomic E-state index is 0.0824. The maximum Gasteiger partial charge on any atom is 0.139 e. The van der Waals surface area contributed by atoms with Gasteiger partial charge in [-0.25, -0.2) is 0 Å². The van der Waals surface area contributed by atoms with Crippen molar-refractivity contribution in [3.8, 4) is 0 Å². The van der Waals surface area contributed by atoms with E-state index >= 15 is 0 Å². The number of aromatic nitrogens is 1. The van der Waals surface area contributed by atoms with Crippen LogP contribution in [0.3, 0.4) is 0 Å². The quantitative estimate of drug-likeness (QED) is 0.784. The highest BCUT2D eigenvalue weighted by molar-refractivity contribution is 5.89. The van der Waals surface area contributed by atoms with E-state index in [-0.39, 0.29) is 11.7 Å². The summed E-state index contributed by atoms with van der Waals surface area (Å²) in [7, 11) is 0. The zero-order valence-electron chi connectivity index (χ0n) is 9.60. The molecule has 1 aromatic heterocycles. The number of carbonyl (C=O) groups excluding carboxylic acids is 1. The summed E-state index contributed by atoms with van der Waals surface area (Å²) in [5, 5.41) is 1.09. The average molecular weight is 213 g/mol. The van der Waals surface area contributed by atoms with Crippen molar-refractivity contribution >= 4 is 16.7 Å². The Morgan fingerprint density at radius 2 is 2.00 bits per heavy atom. The second-order valence-corrected chi connectivity index (χ2v) is 4.29. The Labute approximate surface area is 95.3 Å². The van der Waals surface area contributed by atoms with Crippen molar-refractivity contribution in [2.45, 2.75) is 20.3 Å². The number of hydrogen-bond donors (Lipinski definition) is 0. The van der Waals surface area contributed by atoms with E-state index in [1.165, 1.54) is 0 Å². The number of fused-ring (bicyclic) bond motifs is 1. The third kappa shape index (κ3) is 2.11. The molecule has 0 amide bonds. The highest BCUT2D eigenvalue weighted by atomic mass is 16.1. The van der Waals surface area contributed by atoms with Gasteiger partial charge in [-0.1, -0.05) is 38.1 Å². The van der Waals surface area contributed by atoms with Crippen molar-refractivity contribution in [2.24, 2.45) is 5.92 Å². The standard InChI is InChI=1S/C14H15NO/c1-10(2)13(16)9-12-6-3-5-11-7-4-8-15-14(11)12/h3-8,10H,9H2,1-2H3. The summed E-state index contributed by atoms with van der Waals surface area (Å²) >= 11 is 0. The van der Waals surface area contributed by atoms with Gasteiger partial charge in [0.1, 0.15) is 5.78 Å². The average Bonchev–Trinajstić information content (AvgIpc) is 2.29. The van der Waals surface area contributed by atoms with Crippen LogP contribution in [0.15, 0.2) is 36.5 Å². The molecule has 16 heavy (non-hydrogen) atoms. The van der Waals surface area contributed by atoms with Gasteiger partial charge in [0.15, 0.2) is 0 Å². The lowest BCUT2D eigenvalue weighted by Crippen LogP contribution is -2.10. The molecule has 0 fully saturated rings. The topological polar surface area (TPSA) is 30.0 Å². The van der Waals surface area contributed by atoms with E-state index in [0.717, 1.165) is 16.5 Å². The predicted molar refractivity (Wildman–Crippen MR) is 65.3 cm³/mol. The molecular weight excluding hydrogens is 198 g/mol. The number of benzene rings is 1. The van der Waals surface area contributed by atoms with E-state index in [2.05, 4.69) is 4.98 Å². The third-order valence-electron chi connectivity index (χ3n) is 2.72. The van der Waals surface area contributed by atoms with Gasteiger partial charge < -0.3 is 0 Å². The number of rotatable bonds is 3. The predicted octanol–water partition coefficient (Wildman–Crippen LogP) is 3.00. The number of ketones is 1. The fraction of sp³-hybridized carbons (Fsp3) is 0.286. The Hall–Kier alpha value is -1.70. The van der Waals surface area contributed by atoms with Gasteiger partial charge in [0, 0.05) is 23.9 Å². The second-order valence-electron chi connectivity index (χ2n) is 4.29. The van der Waals surface area contributed by atoms with Crippen LogP contribution in [0.5, 0.6) is 0 Å². The lowest BCUT2D eigenvalue weighted by Gasteiger charge is -2.06. The fourth-order valence-electron chi connectivity index (χ4n) is 1.70. The van der Waals surface area contributed by atoms with Crippen molar-refractivity contribution in [3.63, 3.8) is 0 Å². The van der Waals surface area contributed by atoms with E-state index < -0.39 is 0 Å². The molecular formula is C14H15NO. The van der Waals surface area contributed by atoms with Crippen LogP contribution < -0.4 is 0 Å². The maximum absolute atomic E-state index is 11.7. The van der Waals surface area contributed by atoms with E-state index in [4.69, 9.17) is 0 Å². The first-order valence-corrected chi connectivity index (χ1v) is 5.54. The summed E-state index contributed by atoms with van der Waals surface area (Å²) in [6, 6.07) is 9.91. The van der Waals surface area contributed by atoms with Gasteiger partial charge in [0.25, 0.3) is 0 Å². The van der Waals surface area contributed by atoms with Crippen LogP contribution in [-0.4, -0.2) is 10.8 Å². The van der Waals surface area contributed by atoms with Crippen molar-refractivity contribution in [3.05, 3.63) is 42.1 Å². The first kappa shape index (κ1) is 10.8. The summed E-state index contributed by atoms with van der Waals surface area (Å²) in [6.07, 6.45) is 2.25. The highest BCUT2D eigenvalue weighted by Crippen LogP contribution is 2.17. The Bertz CT molecular complexity index is 512. The number of hydrogen-bond acceptors (Lipinski definition) is 2. The van der Waals surface area contributed by atoms with Crippen LogP contribution in [0.25, 0.3) is 10.9 Å². The molecule has 1 aromatic carbocycles. The summed E-state index contributed by atoms with van der Waals surface area (Å²) in [6.45, 7) is 3.86. The van der Waals surface area contributed by atoms with Gasteiger partial charge >= 0.3 is 0 Å². The minimum Gasteiger partial charge on any atom is -0.299 e. The molecule has 0 saturated carbocycles. The number of Topliss-reactive ketones (excluding diaryl/α,β-unsaturated/α-hetero) is 1. The third-order valence-corrected chi connectivity index (χ3v) is 2.72. The molecule has 1 heterocycles. The van der Waals surface area contributed by atoms with Crippen molar-refractivity contribution in [1.29, 1.82) is 0 Å². The summed E-state index contributed by atoms with van der Waals surface area (Å²) < 4.78 is 0. The maximum atomic E-state index is 11.7. The zero-order valence-corrected chi connectivity index (χ0v) is 9.60. The van der Waals surface area contributed by atoms with Gasteiger partial charge in [-0.2, -0.15) is 0 Å². The molecule has 0 bridgehead atoms. The summed E-state index contributed by atoms with van der Waals surface area (Å²) in [4.78, 5) is 16.1. The van der Waals surface area contributed by atoms with Crippen LogP contribution >= 0.6 is 0 Å². The number of nitrogens with zero attached hydrogens (tertiary/aromatic N) is 1. The highest BCUT2D eigenvalue weighted by Gasteiger charge is 2.10. The monoisotopic (exact) mass is 213 g/mol. The molecule has 82 valence electrons. The van der Waals surface area contributed by atoms with Gasteiger partial charge in [-0.05, 0) is 11.6 Å². The van der Waals surface area contributed by atoms with E-state index in [1.807, 2.05) is 44.2 Å². The largest absolute Gasteiger partial charge is 0.299 e. The van der Waals surface area contributed by atoms with Gasteiger partial charge in [0.05, 0.1) is 5.52 Å². The Balaban J connectivity index is 2.41. The molecule has 2 rings (SSSR count). The first-order chi connectivity index (χ1) is 7.68. The molecule has 2 nitrogen and oxygen atoms in total. The van der Waals surface area contributed by atoms with Crippen molar-refractivity contribution < 1.29 is 4.79 Å². The van der Waals surface area contributed by atoms with Crippen LogP contribution in [0.4, 0.5) is 0 Å². The molecule has 0 saturated heterocycles. The van der Waals surface area contributed by atoms with E-state index in [1.54, 1.807) is 6.20 Å². The van der Waals surface area contributed by atoms with Gasteiger partial charge in [0.2, 0.25) is 0 Å². The minimum atomic E-state index is 0.0824. The Morgan fingerprint density at radius 3 is 2.75 bits per heavy atom. The van der Waals surface area contributed by atoms with Crippen molar-refractivity contribution in [1.82, 2.24) is 4.98 Å². The molecule has 0 unspecified atom stereocenters. The summed E-state index contributed by atoms with van der Waals surface area (Å²) in [5.74, 6) is 0.345. The molecule has 2 heteroatoms. The SMILES string of the molecule is CC(C)C(=O)Cc1cccc2cccnc12. The van der Waals surface area contributed by atoms with Crippen molar-refractivity contribution in [2.75, 3.05) is 0 Å². The summed E-state index contributed by atoms with van der Waals surface area (Å²) in [5.41, 5.74) is 1.97. The molecule has 0 radical (unpaired) electrons. The number of para-hydroxylation sites is 1. The van der Waals surface area contributed by atoms with Gasteiger partial charge in [-0.3, -0.25) is 9.78 Å². The Morgan fingerprint density at radius 1 is 1.25 bits per heavy atom. The molecule has 0 atom stereocenters. The lowest BCUT2D eigenvalue weighted by molar-refractivity contribution is -0.121. The van der Waals surface area contributed by atoms with E-state index in [9.17, 15) is 4.79 Å².